The number of likely N-dealkylation sites (tertiary alicyclic amines) is 2. The molecule has 0 unspecified atom stereocenters. The molecule has 0 spiro atoms. The van der Waals surface area contributed by atoms with Crippen molar-refractivity contribution in [3.05, 3.63) is 35.9 Å². The zero-order chi connectivity index (χ0) is 49.2. The van der Waals surface area contributed by atoms with Crippen LogP contribution in [-0.4, -0.2) is 159 Å². The number of nitrogens with zero attached hydrogens (tertiary/aromatic N) is 3. The highest BCUT2D eigenvalue weighted by molar-refractivity contribution is 5.98. The number of carboxylic acids is 1. The van der Waals surface area contributed by atoms with E-state index in [1.807, 2.05) is 30.3 Å². The summed E-state index contributed by atoms with van der Waals surface area (Å²) in [4.78, 5) is 114. The summed E-state index contributed by atoms with van der Waals surface area (Å²) in [5.41, 5.74) is 17.7. The first-order chi connectivity index (χ1) is 31.2. The van der Waals surface area contributed by atoms with Crippen molar-refractivity contribution in [1.82, 2.24) is 36.4 Å². The van der Waals surface area contributed by atoms with Crippen LogP contribution in [0.15, 0.2) is 35.3 Å². The van der Waals surface area contributed by atoms with Gasteiger partial charge in [-0.3, -0.25) is 38.6 Å². The Bertz CT molecular complexity index is 1860. The Morgan fingerprint density at radius 1 is 0.758 bits per heavy atom. The summed E-state index contributed by atoms with van der Waals surface area (Å²) < 4.78 is 0. The van der Waals surface area contributed by atoms with Gasteiger partial charge in [0.1, 0.15) is 42.3 Å². The molecule has 0 aromatic heterocycles. The number of rotatable bonds is 25. The van der Waals surface area contributed by atoms with Gasteiger partial charge in [-0.1, -0.05) is 64.4 Å². The van der Waals surface area contributed by atoms with E-state index < -0.39 is 114 Å². The lowest BCUT2D eigenvalue weighted by molar-refractivity contribution is -0.144. The number of carbonyl (C=O) groups is 8. The number of carbonyl (C=O) groups excluding carboxylic acids is 7. The molecule has 3 rings (SSSR count). The van der Waals surface area contributed by atoms with Crippen LogP contribution in [0.5, 0.6) is 0 Å². The number of aliphatic carboxylic acids is 1. The average molecular weight is 930 g/mol. The predicted molar refractivity (Wildman–Crippen MR) is 242 cm³/mol. The molecule has 2 aliphatic heterocycles. The number of aliphatic hydroxyl groups is 2. The maximum absolute atomic E-state index is 14.4. The Hall–Kier alpha value is -5.87. The third-order valence-electron chi connectivity index (χ3n) is 11.8. The second-order valence-corrected chi connectivity index (χ2v) is 17.6. The van der Waals surface area contributed by atoms with Gasteiger partial charge in [0.15, 0.2) is 5.96 Å². The van der Waals surface area contributed by atoms with Gasteiger partial charge in [-0.2, -0.15) is 0 Å². The van der Waals surface area contributed by atoms with Gasteiger partial charge in [0.05, 0.1) is 18.8 Å². The molecule has 0 bridgehead atoms. The molecule has 2 fully saturated rings. The number of hydrogen-bond acceptors (Lipinski definition) is 12. The summed E-state index contributed by atoms with van der Waals surface area (Å²) in [5.74, 6) is -7.22. The third kappa shape index (κ3) is 15.9. The fraction of sp³-hybridized carbons (Fsp3) is 0.659. The molecule has 22 nitrogen and oxygen atoms in total. The van der Waals surface area contributed by atoms with Crippen molar-refractivity contribution in [3.63, 3.8) is 0 Å². The Morgan fingerprint density at radius 2 is 1.32 bits per heavy atom. The maximum atomic E-state index is 14.4. The first kappa shape index (κ1) is 54.5. The van der Waals surface area contributed by atoms with Gasteiger partial charge < -0.3 is 68.9 Å². The first-order valence-electron chi connectivity index (χ1n) is 22.7. The molecule has 0 aliphatic carbocycles. The van der Waals surface area contributed by atoms with E-state index in [1.165, 1.54) is 16.7 Å². The number of carboxylic acid groups (broad SMARTS) is 1. The molecule has 0 saturated carbocycles. The summed E-state index contributed by atoms with van der Waals surface area (Å²) in [6.07, 6.45) is 0.950. The van der Waals surface area contributed by atoms with Crippen LogP contribution < -0.4 is 43.8 Å². The molecule has 2 aliphatic rings. The fourth-order valence-electron chi connectivity index (χ4n) is 8.00. The van der Waals surface area contributed by atoms with E-state index in [2.05, 4.69) is 31.6 Å². The number of amides is 7. The number of guanidine groups is 1. The lowest BCUT2D eigenvalue weighted by atomic mass is 9.96. The van der Waals surface area contributed by atoms with Gasteiger partial charge in [-0.25, -0.2) is 4.79 Å². The smallest absolute Gasteiger partial charge is 0.326 e. The molecule has 1 aromatic rings. The van der Waals surface area contributed by atoms with E-state index in [0.717, 1.165) is 5.56 Å². The van der Waals surface area contributed by atoms with Gasteiger partial charge >= 0.3 is 5.97 Å². The van der Waals surface area contributed by atoms with Gasteiger partial charge in [-0.05, 0) is 75.7 Å². The normalized spacial score (nSPS) is 19.5. The van der Waals surface area contributed by atoms with Gasteiger partial charge in [0.2, 0.25) is 41.4 Å². The number of aliphatic imine (C=N–C) groups is 1. The summed E-state index contributed by atoms with van der Waals surface area (Å²) in [7, 11) is 0. The Kier molecular flexibility index (Phi) is 21.7. The van der Waals surface area contributed by atoms with Gasteiger partial charge in [0.25, 0.3) is 0 Å². The number of nitrogens with two attached hydrogens (primary N) is 3. The minimum Gasteiger partial charge on any atom is -0.480 e. The molecular weight excluding hydrogens is 859 g/mol. The van der Waals surface area contributed by atoms with Gasteiger partial charge in [0, 0.05) is 19.6 Å². The first-order valence-corrected chi connectivity index (χ1v) is 22.7. The lowest BCUT2D eigenvalue weighted by Gasteiger charge is -2.34. The van der Waals surface area contributed by atoms with Crippen LogP contribution in [0.1, 0.15) is 91.5 Å². The molecule has 22 heteroatoms. The molecule has 7 amide bonds. The molecule has 10 atom stereocenters. The van der Waals surface area contributed by atoms with Gasteiger partial charge in [-0.15, -0.1) is 0 Å². The molecule has 14 N–H and O–H groups in total. The van der Waals surface area contributed by atoms with Crippen molar-refractivity contribution in [2.75, 3.05) is 26.2 Å². The number of benzene rings is 1. The summed E-state index contributed by atoms with van der Waals surface area (Å²) in [6.45, 7) is 8.06. The molecule has 368 valence electrons. The van der Waals surface area contributed by atoms with E-state index >= 15 is 0 Å². The van der Waals surface area contributed by atoms with Crippen molar-refractivity contribution >= 4 is 53.3 Å². The summed E-state index contributed by atoms with van der Waals surface area (Å²) in [5, 5.41) is 43.1. The minimum absolute atomic E-state index is 0.0551. The molecule has 66 heavy (non-hydrogen) atoms. The van der Waals surface area contributed by atoms with E-state index in [-0.39, 0.29) is 63.6 Å². The standard InChI is InChI=1S/C44H71N11O11/c1-6-25(4)34(52-40(62)35(26(5)57)53-39(61)33-17-11-19-54(33)41(63)28(45)22-27-13-8-7-9-14-27)42(64)55-20-12-16-32(55)38(60)50-30(21-24(2)3)36(58)51-31(23-56)37(59)49-29(43(65)66)15-10-18-48-44(46)47/h7-9,13-14,24-26,28-35,56-57H,6,10-12,15-23,45H2,1-5H3,(H,49,59)(H,50,60)(H,51,58)(H,52,62)(H,53,61)(H,65,66)(H4,46,47,48)/t25-,26+,28-,29-,30-,31-,32-,33-,34-,35-/m0/s1. The molecule has 2 saturated heterocycles. The highest BCUT2D eigenvalue weighted by Gasteiger charge is 2.43. The average Bonchev–Trinajstić information content (AvgIpc) is 3.97. The highest BCUT2D eigenvalue weighted by atomic mass is 16.4. The molecule has 1 aromatic carbocycles. The van der Waals surface area contributed by atoms with Crippen LogP contribution in [0.4, 0.5) is 0 Å². The zero-order valence-corrected chi connectivity index (χ0v) is 38.6. The topological polar surface area (TPSA) is 354 Å². The van der Waals surface area contributed by atoms with Crippen LogP contribution in [-0.2, 0) is 44.8 Å². The molecular formula is C44H71N11O11. The Morgan fingerprint density at radius 3 is 1.85 bits per heavy atom. The largest absolute Gasteiger partial charge is 0.480 e. The van der Waals surface area contributed by atoms with Crippen molar-refractivity contribution in [1.29, 1.82) is 0 Å². The van der Waals surface area contributed by atoms with E-state index in [4.69, 9.17) is 17.2 Å². The van der Waals surface area contributed by atoms with Crippen LogP contribution in [0.25, 0.3) is 0 Å². The quantitative estimate of drug-likeness (QED) is 0.0276. The summed E-state index contributed by atoms with van der Waals surface area (Å²) >= 11 is 0. The van der Waals surface area contributed by atoms with Crippen molar-refractivity contribution in [2.45, 2.75) is 147 Å². The maximum Gasteiger partial charge on any atom is 0.326 e. The van der Waals surface area contributed by atoms with Crippen molar-refractivity contribution < 1.29 is 53.7 Å². The second kappa shape index (κ2) is 26.3. The lowest BCUT2D eigenvalue weighted by Crippen LogP contribution is -2.62. The number of nitrogens with one attached hydrogen (secondary N) is 5. The Balaban J connectivity index is 1.71. The van der Waals surface area contributed by atoms with Crippen LogP contribution >= 0.6 is 0 Å². The molecule has 2 heterocycles. The zero-order valence-electron chi connectivity index (χ0n) is 38.6. The van der Waals surface area contributed by atoms with E-state index in [9.17, 15) is 53.7 Å². The van der Waals surface area contributed by atoms with Crippen LogP contribution in [0, 0.1) is 11.8 Å². The SMILES string of the molecule is CC[C@H](C)[C@H](NC(=O)[C@@H](NC(=O)[C@@H]1CCCN1C(=O)[C@@H](N)Cc1ccccc1)[C@@H](C)O)C(=O)N1CCC[C@H]1C(=O)N[C@@H](CC(C)C)C(=O)N[C@@H](CO)C(=O)N[C@@H](CCCN=C(N)N)C(=O)O. The van der Waals surface area contributed by atoms with Crippen LogP contribution in [0.2, 0.25) is 0 Å². The minimum atomic E-state index is -1.58. The van der Waals surface area contributed by atoms with E-state index in [0.29, 0.717) is 25.7 Å². The second-order valence-electron chi connectivity index (χ2n) is 17.6. The molecule has 0 radical (unpaired) electrons. The van der Waals surface area contributed by atoms with Crippen molar-refractivity contribution in [2.24, 2.45) is 34.0 Å². The van der Waals surface area contributed by atoms with Crippen molar-refractivity contribution in [3.8, 4) is 0 Å². The predicted octanol–water partition coefficient (Wildman–Crippen LogP) is -2.43. The summed E-state index contributed by atoms with van der Waals surface area (Å²) in [6, 6.07) is -0.628. The van der Waals surface area contributed by atoms with Crippen LogP contribution in [0.3, 0.4) is 0 Å². The highest BCUT2D eigenvalue weighted by Crippen LogP contribution is 2.23. The third-order valence-corrected chi connectivity index (χ3v) is 11.8. The number of aliphatic hydroxyl groups excluding tert-OH is 2. The fourth-order valence-corrected chi connectivity index (χ4v) is 8.00. The monoisotopic (exact) mass is 930 g/mol. The van der Waals surface area contributed by atoms with E-state index in [1.54, 1.807) is 27.7 Å². The Labute approximate surface area is 385 Å². The number of hydrogen-bond donors (Lipinski definition) is 11.